The van der Waals surface area contributed by atoms with Gasteiger partial charge < -0.3 is 33.9 Å². The van der Waals surface area contributed by atoms with Crippen LogP contribution in [0.4, 0.5) is 5.95 Å². The standard InChI is InChI=1S/C15H16N5O8PS/c1-5-7(2-3-25-5)30-15-17-8-11(18-14(16)19-12(8)22)20(15)13-9(21)10-6(27-13)4-26-29(23,24)28-10/h2-3,6,9-10,13,21H,4H2,1H3,(H,23,24)(H3,16,18,19,22)/p-1/t6?,9?,10-,13-/m1/s1. The van der Waals surface area contributed by atoms with Crippen LogP contribution < -0.4 is 16.2 Å². The summed E-state index contributed by atoms with van der Waals surface area (Å²) in [5, 5.41) is 11.1. The van der Waals surface area contributed by atoms with Crippen LogP contribution in [-0.2, 0) is 18.3 Å². The van der Waals surface area contributed by atoms with Gasteiger partial charge in [-0.15, -0.1) is 0 Å². The molecule has 0 aliphatic carbocycles. The number of ether oxygens (including phenoxy) is 1. The van der Waals surface area contributed by atoms with Crippen molar-refractivity contribution in [3.05, 3.63) is 28.4 Å². The minimum atomic E-state index is -4.55. The summed E-state index contributed by atoms with van der Waals surface area (Å²) in [6, 6.07) is 1.71. The van der Waals surface area contributed by atoms with Crippen molar-refractivity contribution in [3.8, 4) is 0 Å². The summed E-state index contributed by atoms with van der Waals surface area (Å²) in [7, 11) is -4.55. The highest BCUT2D eigenvalue weighted by atomic mass is 32.2. The molecule has 0 bridgehead atoms. The molecule has 3 aromatic heterocycles. The van der Waals surface area contributed by atoms with Crippen LogP contribution in [0.1, 0.15) is 12.0 Å². The third-order valence-electron chi connectivity index (χ3n) is 4.76. The first-order chi connectivity index (χ1) is 14.2. The molecule has 2 saturated heterocycles. The Morgan fingerprint density at radius 1 is 1.47 bits per heavy atom. The van der Waals surface area contributed by atoms with Gasteiger partial charge in [-0.2, -0.15) is 4.98 Å². The smallest absolute Gasteiger partial charge is 0.280 e. The number of hydrogen-bond acceptors (Lipinski definition) is 12. The Kier molecular flexibility index (Phi) is 4.56. The van der Waals surface area contributed by atoms with Gasteiger partial charge in [0, 0.05) is 0 Å². The fourth-order valence-corrected chi connectivity index (χ4v) is 5.29. The number of rotatable bonds is 3. The van der Waals surface area contributed by atoms with Crippen LogP contribution in [0.3, 0.4) is 0 Å². The predicted octanol–water partition coefficient (Wildman–Crippen LogP) is -0.103. The van der Waals surface area contributed by atoms with Gasteiger partial charge in [-0.05, 0) is 24.8 Å². The molecular weight excluding hydrogens is 441 g/mol. The number of fused-ring (bicyclic) bond motifs is 2. The van der Waals surface area contributed by atoms with Gasteiger partial charge in [0.25, 0.3) is 13.4 Å². The number of aryl methyl sites for hydroxylation is 1. The summed E-state index contributed by atoms with van der Waals surface area (Å²) in [4.78, 5) is 35.6. The highest BCUT2D eigenvalue weighted by Gasteiger charge is 2.51. The van der Waals surface area contributed by atoms with Crippen molar-refractivity contribution < 1.29 is 32.8 Å². The molecule has 5 atom stereocenters. The number of imidazole rings is 1. The Morgan fingerprint density at radius 3 is 3.00 bits per heavy atom. The number of furan rings is 1. The zero-order chi connectivity index (χ0) is 21.2. The maximum absolute atomic E-state index is 12.4. The lowest BCUT2D eigenvalue weighted by Crippen LogP contribution is -2.41. The van der Waals surface area contributed by atoms with Crippen molar-refractivity contribution in [1.82, 2.24) is 19.5 Å². The summed E-state index contributed by atoms with van der Waals surface area (Å²) in [6.07, 6.45) is -3.11. The van der Waals surface area contributed by atoms with Gasteiger partial charge in [0.1, 0.15) is 24.1 Å². The molecule has 30 heavy (non-hydrogen) atoms. The van der Waals surface area contributed by atoms with Crippen LogP contribution in [0.5, 0.6) is 0 Å². The molecular formula is C15H15N5O8PS-. The number of anilines is 1. The molecule has 2 fully saturated rings. The van der Waals surface area contributed by atoms with Gasteiger partial charge >= 0.3 is 0 Å². The van der Waals surface area contributed by atoms with Crippen LogP contribution in [0, 0.1) is 6.92 Å². The van der Waals surface area contributed by atoms with Crippen LogP contribution in [0.15, 0.2) is 31.6 Å². The molecule has 0 amide bonds. The number of aromatic amines is 1. The number of phosphoric acid groups is 1. The molecule has 0 aromatic carbocycles. The number of aliphatic hydroxyl groups excluding tert-OH is 1. The number of nitrogens with one attached hydrogen (secondary N) is 1. The SMILES string of the molecule is Cc1occc1Sc1nc2c(=O)[nH]c(N)nc2n1[C@@H]1OC2COP(=O)([O-])O[C@H]2C1O. The van der Waals surface area contributed by atoms with Crippen molar-refractivity contribution in [3.63, 3.8) is 0 Å². The molecule has 2 aliphatic heterocycles. The average molecular weight is 456 g/mol. The van der Waals surface area contributed by atoms with E-state index < -0.39 is 37.9 Å². The van der Waals surface area contributed by atoms with Crippen molar-refractivity contribution in [2.24, 2.45) is 0 Å². The van der Waals surface area contributed by atoms with Gasteiger partial charge in [-0.3, -0.25) is 18.9 Å². The van der Waals surface area contributed by atoms with Gasteiger partial charge in [-0.1, -0.05) is 0 Å². The second kappa shape index (κ2) is 6.92. The fourth-order valence-electron chi connectivity index (χ4n) is 3.40. The zero-order valence-electron chi connectivity index (χ0n) is 15.3. The quantitative estimate of drug-likeness (QED) is 0.444. The lowest BCUT2D eigenvalue weighted by atomic mass is 10.1. The number of phosphoric ester groups is 1. The van der Waals surface area contributed by atoms with E-state index in [4.69, 9.17) is 19.4 Å². The highest BCUT2D eigenvalue weighted by Crippen LogP contribution is 2.50. The first kappa shape index (κ1) is 19.8. The molecule has 0 saturated carbocycles. The fraction of sp³-hybridized carbons (Fsp3) is 0.400. The Morgan fingerprint density at radius 2 is 2.27 bits per heavy atom. The van der Waals surface area contributed by atoms with E-state index in [9.17, 15) is 19.4 Å². The van der Waals surface area contributed by atoms with Crippen molar-refractivity contribution in [1.29, 1.82) is 0 Å². The van der Waals surface area contributed by atoms with Crippen molar-refractivity contribution >= 4 is 36.7 Å². The van der Waals surface area contributed by atoms with E-state index in [0.29, 0.717) is 10.7 Å². The van der Waals surface area contributed by atoms with E-state index in [2.05, 4.69) is 19.5 Å². The molecule has 3 aromatic rings. The van der Waals surface area contributed by atoms with Crippen LogP contribution in [-0.4, -0.2) is 49.5 Å². The second-order valence-electron chi connectivity index (χ2n) is 6.70. The lowest BCUT2D eigenvalue weighted by Gasteiger charge is -2.34. The highest BCUT2D eigenvalue weighted by molar-refractivity contribution is 7.99. The van der Waals surface area contributed by atoms with Gasteiger partial charge in [0.2, 0.25) is 5.95 Å². The topological polar surface area (TPSA) is 191 Å². The van der Waals surface area contributed by atoms with Gasteiger partial charge in [0.15, 0.2) is 22.5 Å². The number of aromatic nitrogens is 4. The molecule has 13 nitrogen and oxygen atoms in total. The molecule has 160 valence electrons. The summed E-state index contributed by atoms with van der Waals surface area (Å²) in [5.74, 6) is 0.462. The maximum Gasteiger partial charge on any atom is 0.280 e. The maximum atomic E-state index is 12.4. The number of H-pyrrole nitrogens is 1. The molecule has 0 spiro atoms. The summed E-state index contributed by atoms with van der Waals surface area (Å²) in [6.45, 7) is 1.44. The van der Waals surface area contributed by atoms with E-state index in [1.54, 1.807) is 13.0 Å². The van der Waals surface area contributed by atoms with Gasteiger partial charge in [0.05, 0.1) is 17.8 Å². The van der Waals surface area contributed by atoms with Crippen molar-refractivity contribution in [2.45, 2.75) is 41.5 Å². The van der Waals surface area contributed by atoms with E-state index in [1.807, 2.05) is 0 Å². The monoisotopic (exact) mass is 456 g/mol. The Bertz CT molecular complexity index is 1240. The Balaban J connectivity index is 1.64. The van der Waals surface area contributed by atoms with E-state index >= 15 is 0 Å². The summed E-state index contributed by atoms with van der Waals surface area (Å²) < 4.78 is 33.7. The summed E-state index contributed by atoms with van der Waals surface area (Å²) in [5.41, 5.74) is 5.16. The van der Waals surface area contributed by atoms with E-state index in [-0.39, 0.29) is 28.9 Å². The first-order valence-corrected chi connectivity index (χ1v) is 11.0. The average Bonchev–Trinajstić information content (AvgIpc) is 3.32. The summed E-state index contributed by atoms with van der Waals surface area (Å²) >= 11 is 1.15. The molecule has 3 unspecified atom stereocenters. The minimum Gasteiger partial charge on any atom is -0.756 e. The largest absolute Gasteiger partial charge is 0.756 e. The molecule has 5 heterocycles. The lowest BCUT2D eigenvalue weighted by molar-refractivity contribution is -0.245. The van der Waals surface area contributed by atoms with Crippen LogP contribution >= 0.6 is 19.6 Å². The second-order valence-corrected chi connectivity index (χ2v) is 9.07. The molecule has 0 radical (unpaired) electrons. The third-order valence-corrected chi connectivity index (χ3v) is 6.84. The molecule has 2 aliphatic rings. The molecule has 5 rings (SSSR count). The Labute approximate surface area is 171 Å². The minimum absolute atomic E-state index is 0.0230. The number of aliphatic hydroxyl groups is 1. The van der Waals surface area contributed by atoms with E-state index in [0.717, 1.165) is 11.8 Å². The third kappa shape index (κ3) is 3.17. The first-order valence-electron chi connectivity index (χ1n) is 8.71. The zero-order valence-corrected chi connectivity index (χ0v) is 17.0. The number of hydrogen-bond donors (Lipinski definition) is 3. The van der Waals surface area contributed by atoms with Gasteiger partial charge in [-0.25, -0.2) is 4.98 Å². The normalized spacial score (nSPS) is 31.3. The Hall–Kier alpha value is -2.19. The van der Waals surface area contributed by atoms with Crippen LogP contribution in [0.25, 0.3) is 11.2 Å². The van der Waals surface area contributed by atoms with Crippen molar-refractivity contribution in [2.75, 3.05) is 12.3 Å². The van der Waals surface area contributed by atoms with Crippen LogP contribution in [0.2, 0.25) is 0 Å². The number of nitrogens with two attached hydrogens (primary N) is 1. The van der Waals surface area contributed by atoms with E-state index in [1.165, 1.54) is 10.8 Å². The number of nitrogens with zero attached hydrogens (tertiary/aromatic N) is 3. The number of nitrogen functional groups attached to an aromatic ring is 1. The molecule has 15 heteroatoms. The molecule has 4 N–H and O–H groups in total. The predicted molar refractivity (Wildman–Crippen MR) is 98.5 cm³/mol.